The molecule has 1 aromatic heterocycles. The Hall–Kier alpha value is -0.890. The summed E-state index contributed by atoms with van der Waals surface area (Å²) in [4.78, 5) is 4.12. The van der Waals surface area contributed by atoms with Gasteiger partial charge in [-0.3, -0.25) is 4.98 Å². The lowest BCUT2D eigenvalue weighted by Crippen LogP contribution is -2.08. The van der Waals surface area contributed by atoms with Gasteiger partial charge in [-0.05, 0) is 37.0 Å². The highest BCUT2D eigenvalue weighted by molar-refractivity contribution is 5.29. The summed E-state index contributed by atoms with van der Waals surface area (Å²) in [5.74, 6) is 0.453. The fraction of sp³-hybridized carbons (Fsp3) is 0.545. The summed E-state index contributed by atoms with van der Waals surface area (Å²) in [5.41, 5.74) is 1.47. The fourth-order valence-electron chi connectivity index (χ4n) is 1.97. The van der Waals surface area contributed by atoms with Crippen LogP contribution in [0.4, 0.5) is 0 Å². The average Bonchev–Trinajstić information content (AvgIpc) is 2.79. The van der Waals surface area contributed by atoms with E-state index in [1.807, 2.05) is 19.1 Å². The number of aromatic nitrogens is 1. The summed E-state index contributed by atoms with van der Waals surface area (Å²) < 4.78 is 0. The third-order valence-electron chi connectivity index (χ3n) is 2.96. The average molecular weight is 177 g/mol. The monoisotopic (exact) mass is 177 g/mol. The van der Waals surface area contributed by atoms with E-state index in [1.54, 1.807) is 6.20 Å². The molecule has 13 heavy (non-hydrogen) atoms. The van der Waals surface area contributed by atoms with Crippen molar-refractivity contribution in [2.24, 2.45) is 5.92 Å². The van der Waals surface area contributed by atoms with E-state index in [0.29, 0.717) is 5.92 Å². The molecular weight excluding hydrogens is 162 g/mol. The minimum absolute atomic E-state index is 0.453. The highest BCUT2D eigenvalue weighted by Gasteiger charge is 2.52. The largest absolute Gasteiger partial charge is 0.385 e. The van der Waals surface area contributed by atoms with Gasteiger partial charge in [0, 0.05) is 11.9 Å². The van der Waals surface area contributed by atoms with E-state index >= 15 is 0 Å². The molecule has 70 valence electrons. The number of hydrogen-bond donors (Lipinski definition) is 1. The Morgan fingerprint density at radius 1 is 1.69 bits per heavy atom. The quantitative estimate of drug-likeness (QED) is 0.749. The Morgan fingerprint density at radius 3 is 3.00 bits per heavy atom. The molecule has 1 N–H and O–H groups in total. The van der Waals surface area contributed by atoms with E-state index in [-0.39, 0.29) is 0 Å². The Labute approximate surface area is 78.6 Å². The lowest BCUT2D eigenvalue weighted by atomic mass is 10.1. The summed E-state index contributed by atoms with van der Waals surface area (Å²) >= 11 is 0. The maximum absolute atomic E-state index is 10.2. The standard InChI is InChI=1S/C11H15NO/c1-3-9-7-11(9,13)10-4-5-12-8(2)6-10/h4-6,9,13H,3,7H2,1-2H3. The van der Waals surface area contributed by atoms with Gasteiger partial charge in [-0.2, -0.15) is 0 Å². The molecule has 2 nitrogen and oxygen atoms in total. The zero-order valence-electron chi connectivity index (χ0n) is 8.12. The van der Waals surface area contributed by atoms with Crippen molar-refractivity contribution in [2.75, 3.05) is 0 Å². The zero-order chi connectivity index (χ0) is 9.47. The molecule has 0 amide bonds. The van der Waals surface area contributed by atoms with Crippen LogP contribution in [-0.4, -0.2) is 10.1 Å². The first-order valence-corrected chi connectivity index (χ1v) is 4.82. The van der Waals surface area contributed by atoms with Crippen LogP contribution in [0.25, 0.3) is 0 Å². The number of nitrogens with zero attached hydrogens (tertiary/aromatic N) is 1. The normalized spacial score (nSPS) is 31.8. The second-order valence-electron chi connectivity index (χ2n) is 3.92. The summed E-state index contributed by atoms with van der Waals surface area (Å²) in [7, 11) is 0. The number of hydrogen-bond acceptors (Lipinski definition) is 2. The molecule has 1 aromatic rings. The maximum atomic E-state index is 10.2. The molecule has 2 rings (SSSR count). The fourth-order valence-corrected chi connectivity index (χ4v) is 1.97. The molecule has 1 fully saturated rings. The van der Waals surface area contributed by atoms with Crippen molar-refractivity contribution in [1.29, 1.82) is 0 Å². The SMILES string of the molecule is CCC1CC1(O)c1ccnc(C)c1. The summed E-state index contributed by atoms with van der Waals surface area (Å²) in [6.45, 7) is 4.08. The molecule has 1 aliphatic carbocycles. The van der Waals surface area contributed by atoms with Crippen LogP contribution in [0, 0.1) is 12.8 Å². The first-order valence-electron chi connectivity index (χ1n) is 4.82. The van der Waals surface area contributed by atoms with Gasteiger partial charge in [-0.15, -0.1) is 0 Å². The van der Waals surface area contributed by atoms with Crippen molar-refractivity contribution in [3.8, 4) is 0 Å². The Balaban J connectivity index is 2.27. The lowest BCUT2D eigenvalue weighted by Gasteiger charge is -2.10. The maximum Gasteiger partial charge on any atom is 0.0930 e. The van der Waals surface area contributed by atoms with Crippen LogP contribution in [0.5, 0.6) is 0 Å². The van der Waals surface area contributed by atoms with Crippen LogP contribution in [-0.2, 0) is 5.60 Å². The van der Waals surface area contributed by atoms with Gasteiger partial charge in [-0.1, -0.05) is 13.3 Å². The topological polar surface area (TPSA) is 33.1 Å². The molecule has 2 heteroatoms. The van der Waals surface area contributed by atoms with E-state index in [9.17, 15) is 5.11 Å². The third-order valence-corrected chi connectivity index (χ3v) is 2.96. The summed E-state index contributed by atoms with van der Waals surface area (Å²) in [6, 6.07) is 3.90. The van der Waals surface area contributed by atoms with Crippen molar-refractivity contribution in [2.45, 2.75) is 32.3 Å². The second kappa shape index (κ2) is 2.81. The summed E-state index contributed by atoms with van der Waals surface area (Å²) in [5, 5.41) is 10.2. The Bertz CT molecular complexity index is 324. The number of aryl methyl sites for hydroxylation is 1. The van der Waals surface area contributed by atoms with Crippen LogP contribution in [0.2, 0.25) is 0 Å². The van der Waals surface area contributed by atoms with E-state index in [4.69, 9.17) is 0 Å². The molecule has 0 aliphatic heterocycles. The van der Waals surface area contributed by atoms with Crippen molar-refractivity contribution >= 4 is 0 Å². The van der Waals surface area contributed by atoms with Gasteiger partial charge in [0.1, 0.15) is 0 Å². The van der Waals surface area contributed by atoms with Crippen molar-refractivity contribution in [3.63, 3.8) is 0 Å². The van der Waals surface area contributed by atoms with Crippen LogP contribution >= 0.6 is 0 Å². The van der Waals surface area contributed by atoms with Gasteiger partial charge in [-0.25, -0.2) is 0 Å². The highest BCUT2D eigenvalue weighted by atomic mass is 16.3. The molecular formula is C11H15NO. The Morgan fingerprint density at radius 2 is 2.46 bits per heavy atom. The molecule has 0 spiro atoms. The van der Waals surface area contributed by atoms with Crippen LogP contribution < -0.4 is 0 Å². The van der Waals surface area contributed by atoms with Crippen LogP contribution in [0.3, 0.4) is 0 Å². The molecule has 0 aromatic carbocycles. The minimum atomic E-state index is -0.539. The highest BCUT2D eigenvalue weighted by Crippen LogP contribution is 2.53. The smallest absolute Gasteiger partial charge is 0.0930 e. The van der Waals surface area contributed by atoms with Gasteiger partial charge in [0.2, 0.25) is 0 Å². The van der Waals surface area contributed by atoms with E-state index < -0.39 is 5.60 Å². The van der Waals surface area contributed by atoms with Gasteiger partial charge in [0.05, 0.1) is 5.60 Å². The first kappa shape index (κ1) is 8.70. The molecule has 1 saturated carbocycles. The number of rotatable bonds is 2. The van der Waals surface area contributed by atoms with Crippen molar-refractivity contribution in [3.05, 3.63) is 29.6 Å². The van der Waals surface area contributed by atoms with Gasteiger partial charge in [0.25, 0.3) is 0 Å². The van der Waals surface area contributed by atoms with Crippen molar-refractivity contribution in [1.82, 2.24) is 4.98 Å². The van der Waals surface area contributed by atoms with Gasteiger partial charge >= 0.3 is 0 Å². The molecule has 1 aliphatic rings. The van der Waals surface area contributed by atoms with Gasteiger partial charge < -0.3 is 5.11 Å². The molecule has 0 saturated heterocycles. The zero-order valence-corrected chi connectivity index (χ0v) is 8.12. The number of aliphatic hydroxyl groups is 1. The Kier molecular flexibility index (Phi) is 1.88. The predicted octanol–water partition coefficient (Wildman–Crippen LogP) is 2.01. The molecule has 2 atom stereocenters. The number of pyridine rings is 1. The molecule has 2 unspecified atom stereocenters. The minimum Gasteiger partial charge on any atom is -0.385 e. The first-order chi connectivity index (χ1) is 6.16. The third kappa shape index (κ3) is 1.35. The van der Waals surface area contributed by atoms with Gasteiger partial charge in [0.15, 0.2) is 0 Å². The molecule has 0 bridgehead atoms. The molecule has 0 radical (unpaired) electrons. The van der Waals surface area contributed by atoms with E-state index in [0.717, 1.165) is 24.1 Å². The van der Waals surface area contributed by atoms with Crippen molar-refractivity contribution < 1.29 is 5.11 Å². The van der Waals surface area contributed by atoms with E-state index in [2.05, 4.69) is 11.9 Å². The predicted molar refractivity (Wildman–Crippen MR) is 51.3 cm³/mol. The second-order valence-corrected chi connectivity index (χ2v) is 3.92. The van der Waals surface area contributed by atoms with E-state index in [1.165, 1.54) is 0 Å². The van der Waals surface area contributed by atoms with Crippen LogP contribution in [0.15, 0.2) is 18.3 Å². The lowest BCUT2D eigenvalue weighted by molar-refractivity contribution is 0.130. The summed E-state index contributed by atoms with van der Waals surface area (Å²) in [6.07, 6.45) is 3.73. The molecule has 1 heterocycles. The van der Waals surface area contributed by atoms with Crippen LogP contribution in [0.1, 0.15) is 31.0 Å².